The molecule has 10 heteroatoms. The number of amides is 2. The molecule has 1 atom stereocenters. The van der Waals surface area contributed by atoms with Gasteiger partial charge in [-0.2, -0.15) is 8.42 Å². The highest BCUT2D eigenvalue weighted by Crippen LogP contribution is 2.25. The fourth-order valence-electron chi connectivity index (χ4n) is 2.08. The number of hydrogen-bond acceptors (Lipinski definition) is 6. The van der Waals surface area contributed by atoms with Gasteiger partial charge in [-0.05, 0) is 19.1 Å². The van der Waals surface area contributed by atoms with Crippen molar-refractivity contribution in [3.05, 3.63) is 41.7 Å². The SMILES string of the molecule is Cc1ccc(S(=O)(=O)OC2=CC(=O)N(C(=O)O)C(C(=O)O)C2)cc1. The lowest BCUT2D eigenvalue weighted by atomic mass is 10.1. The Morgan fingerprint density at radius 1 is 1.21 bits per heavy atom. The molecule has 0 fully saturated rings. The molecule has 0 aromatic heterocycles. The van der Waals surface area contributed by atoms with E-state index in [-0.39, 0.29) is 9.80 Å². The van der Waals surface area contributed by atoms with Crippen LogP contribution in [-0.2, 0) is 23.9 Å². The van der Waals surface area contributed by atoms with E-state index in [4.69, 9.17) is 14.4 Å². The largest absolute Gasteiger partial charge is 0.480 e. The second-order valence-corrected chi connectivity index (χ2v) is 6.56. The summed E-state index contributed by atoms with van der Waals surface area (Å²) >= 11 is 0. The number of rotatable bonds is 4. The summed E-state index contributed by atoms with van der Waals surface area (Å²) in [6.45, 7) is 1.76. The van der Waals surface area contributed by atoms with Crippen LogP contribution in [-0.4, -0.2) is 47.5 Å². The minimum absolute atomic E-state index is 0.105. The van der Waals surface area contributed by atoms with E-state index in [1.165, 1.54) is 12.1 Å². The van der Waals surface area contributed by atoms with Gasteiger partial charge in [0.1, 0.15) is 16.7 Å². The summed E-state index contributed by atoms with van der Waals surface area (Å²) < 4.78 is 29.1. The molecule has 0 spiro atoms. The topological polar surface area (TPSA) is 138 Å². The molecule has 0 bridgehead atoms. The van der Waals surface area contributed by atoms with Crippen LogP contribution < -0.4 is 0 Å². The second-order valence-electron chi connectivity index (χ2n) is 5.01. The molecule has 9 nitrogen and oxygen atoms in total. The molecule has 0 saturated carbocycles. The van der Waals surface area contributed by atoms with Crippen LogP contribution in [0.5, 0.6) is 0 Å². The van der Waals surface area contributed by atoms with Crippen molar-refractivity contribution in [1.29, 1.82) is 0 Å². The van der Waals surface area contributed by atoms with Gasteiger partial charge in [-0.25, -0.2) is 14.5 Å². The summed E-state index contributed by atoms with van der Waals surface area (Å²) in [5, 5.41) is 18.0. The lowest BCUT2D eigenvalue weighted by Crippen LogP contribution is -2.50. The van der Waals surface area contributed by atoms with E-state index in [1.54, 1.807) is 19.1 Å². The Labute approximate surface area is 136 Å². The number of carbonyl (C=O) groups excluding carboxylic acids is 1. The molecule has 2 amide bonds. The Kier molecular flexibility index (Phi) is 4.60. The van der Waals surface area contributed by atoms with E-state index in [0.29, 0.717) is 6.08 Å². The van der Waals surface area contributed by atoms with Crippen molar-refractivity contribution in [3.8, 4) is 0 Å². The molecule has 2 rings (SSSR count). The molecule has 1 aromatic carbocycles. The standard InChI is InChI=1S/C14H13NO8S/c1-8-2-4-10(5-3-8)24(21,22)23-9-6-11(13(17)18)15(14(19)20)12(16)7-9/h2-5,7,11H,6H2,1H3,(H,17,18)(H,19,20). The molecule has 1 heterocycles. The highest BCUT2D eigenvalue weighted by molar-refractivity contribution is 7.86. The van der Waals surface area contributed by atoms with Crippen LogP contribution in [0.4, 0.5) is 4.79 Å². The zero-order chi connectivity index (χ0) is 18.1. The van der Waals surface area contributed by atoms with Crippen LogP contribution in [0, 0.1) is 6.92 Å². The molecular weight excluding hydrogens is 342 g/mol. The highest BCUT2D eigenvalue weighted by atomic mass is 32.2. The van der Waals surface area contributed by atoms with Crippen molar-refractivity contribution in [2.45, 2.75) is 24.3 Å². The van der Waals surface area contributed by atoms with Gasteiger partial charge in [0.15, 0.2) is 0 Å². The normalized spacial score (nSPS) is 18.0. The number of carboxylic acids is 1. The van der Waals surface area contributed by atoms with E-state index in [2.05, 4.69) is 0 Å². The van der Waals surface area contributed by atoms with Crippen LogP contribution in [0.3, 0.4) is 0 Å². The first-order valence-corrected chi connectivity index (χ1v) is 8.03. The monoisotopic (exact) mass is 355 g/mol. The van der Waals surface area contributed by atoms with E-state index >= 15 is 0 Å². The number of carbonyl (C=O) groups is 3. The molecule has 1 aromatic rings. The highest BCUT2D eigenvalue weighted by Gasteiger charge is 2.40. The third-order valence-electron chi connectivity index (χ3n) is 3.25. The molecule has 1 aliphatic heterocycles. The van der Waals surface area contributed by atoms with Gasteiger partial charge in [0.05, 0.1) is 0 Å². The number of hydrogen-bond donors (Lipinski definition) is 2. The van der Waals surface area contributed by atoms with E-state index in [9.17, 15) is 22.8 Å². The van der Waals surface area contributed by atoms with Gasteiger partial charge in [0.25, 0.3) is 5.91 Å². The van der Waals surface area contributed by atoms with Crippen molar-refractivity contribution in [3.63, 3.8) is 0 Å². The quantitative estimate of drug-likeness (QED) is 0.761. The third kappa shape index (κ3) is 3.54. The van der Waals surface area contributed by atoms with Crippen molar-refractivity contribution >= 4 is 28.1 Å². The van der Waals surface area contributed by atoms with Crippen LogP contribution in [0.15, 0.2) is 41.0 Å². The summed E-state index contributed by atoms with van der Waals surface area (Å²) in [5.74, 6) is -3.21. The van der Waals surface area contributed by atoms with Crippen LogP contribution in [0.1, 0.15) is 12.0 Å². The summed E-state index contributed by atoms with van der Waals surface area (Å²) in [4.78, 5) is 33.8. The molecule has 0 radical (unpaired) electrons. The molecule has 0 aliphatic carbocycles. The van der Waals surface area contributed by atoms with Crippen molar-refractivity contribution in [2.24, 2.45) is 0 Å². The number of carboxylic acid groups (broad SMARTS) is 2. The first kappa shape index (κ1) is 17.5. The number of benzene rings is 1. The number of imide groups is 1. The summed E-state index contributed by atoms with van der Waals surface area (Å²) in [6, 6.07) is 3.93. The maximum Gasteiger partial charge on any atom is 0.415 e. The molecule has 1 aliphatic rings. The number of aryl methyl sites for hydroxylation is 1. The molecule has 128 valence electrons. The maximum atomic E-state index is 12.2. The molecule has 2 N–H and O–H groups in total. The van der Waals surface area contributed by atoms with Gasteiger partial charge < -0.3 is 14.4 Å². The Morgan fingerprint density at radius 2 is 1.79 bits per heavy atom. The van der Waals surface area contributed by atoms with Gasteiger partial charge in [-0.15, -0.1) is 0 Å². The van der Waals surface area contributed by atoms with Crippen molar-refractivity contribution in [1.82, 2.24) is 4.90 Å². The van der Waals surface area contributed by atoms with Crippen LogP contribution in [0.2, 0.25) is 0 Å². The first-order valence-electron chi connectivity index (χ1n) is 6.62. The second kappa shape index (κ2) is 6.32. The van der Waals surface area contributed by atoms with Crippen LogP contribution >= 0.6 is 0 Å². The Morgan fingerprint density at radius 3 is 2.29 bits per heavy atom. The molecule has 1 unspecified atom stereocenters. The average Bonchev–Trinajstić information content (AvgIpc) is 2.45. The lowest BCUT2D eigenvalue weighted by Gasteiger charge is -2.27. The zero-order valence-corrected chi connectivity index (χ0v) is 13.2. The van der Waals surface area contributed by atoms with E-state index in [0.717, 1.165) is 5.56 Å². The zero-order valence-electron chi connectivity index (χ0n) is 12.4. The Hall–Kier alpha value is -2.88. The Bertz CT molecular complexity index is 825. The van der Waals surface area contributed by atoms with E-state index in [1.807, 2.05) is 0 Å². The lowest BCUT2D eigenvalue weighted by molar-refractivity contribution is -0.147. The molecule has 0 saturated heterocycles. The first-order chi connectivity index (χ1) is 11.1. The van der Waals surface area contributed by atoms with Crippen LogP contribution in [0.25, 0.3) is 0 Å². The fourth-order valence-corrected chi connectivity index (χ4v) is 3.04. The van der Waals surface area contributed by atoms with Gasteiger partial charge >= 0.3 is 22.2 Å². The van der Waals surface area contributed by atoms with Crippen molar-refractivity contribution in [2.75, 3.05) is 0 Å². The van der Waals surface area contributed by atoms with E-state index < -0.39 is 46.3 Å². The maximum absolute atomic E-state index is 12.2. The minimum Gasteiger partial charge on any atom is -0.480 e. The van der Waals surface area contributed by atoms with Crippen molar-refractivity contribution < 1.29 is 37.2 Å². The minimum atomic E-state index is -4.27. The summed E-state index contributed by atoms with van der Waals surface area (Å²) in [6.07, 6.45) is -1.68. The van der Waals surface area contributed by atoms with Gasteiger partial charge in [-0.3, -0.25) is 4.79 Å². The van der Waals surface area contributed by atoms with Gasteiger partial charge in [0.2, 0.25) is 0 Å². The molecule has 24 heavy (non-hydrogen) atoms. The molecular formula is C14H13NO8S. The number of aliphatic carboxylic acids is 1. The summed E-state index contributed by atoms with van der Waals surface area (Å²) in [7, 11) is -4.27. The smallest absolute Gasteiger partial charge is 0.415 e. The third-order valence-corrected chi connectivity index (χ3v) is 4.53. The van der Waals surface area contributed by atoms with Gasteiger partial charge in [-0.1, -0.05) is 17.7 Å². The summed E-state index contributed by atoms with van der Waals surface area (Å²) in [5.41, 5.74) is 0.823. The van der Waals surface area contributed by atoms with Gasteiger partial charge in [0, 0.05) is 12.5 Å². The predicted octanol–water partition coefficient (Wildman–Crippen LogP) is 0.948. The predicted molar refractivity (Wildman–Crippen MR) is 78.4 cm³/mol. The average molecular weight is 355 g/mol. The fraction of sp³-hybridized carbons (Fsp3) is 0.214. The Balaban J connectivity index is 2.31. The number of nitrogens with zero attached hydrogens (tertiary/aromatic N) is 1.